The van der Waals surface area contributed by atoms with E-state index in [1.807, 2.05) is 0 Å². The lowest BCUT2D eigenvalue weighted by molar-refractivity contribution is 0.0691. The lowest BCUT2D eigenvalue weighted by atomic mass is 10.0. The molecule has 0 aliphatic heterocycles. The first-order valence-corrected chi connectivity index (χ1v) is 5.10. The Morgan fingerprint density at radius 1 is 1.17 bits per heavy atom. The number of aromatic nitrogens is 1. The molecular weight excluding hydrogens is 234 g/mol. The molecule has 18 heavy (non-hydrogen) atoms. The van der Waals surface area contributed by atoms with E-state index in [1.165, 1.54) is 24.4 Å². The molecule has 0 bridgehead atoms. The number of rotatable bonds is 3. The fraction of sp³-hybridized carbons (Fsp3) is 0. The number of carbonyl (C=O) groups is 2. The maximum Gasteiger partial charge on any atom is 0.352 e. The molecule has 0 saturated carbocycles. The molecule has 1 aromatic heterocycles. The lowest BCUT2D eigenvalue weighted by Gasteiger charge is -2.04. The van der Waals surface area contributed by atoms with Crippen LogP contribution in [0.2, 0.25) is 0 Å². The minimum atomic E-state index is -1.13. The van der Waals surface area contributed by atoms with E-state index in [0.717, 1.165) is 0 Å². The number of carboxylic acid groups (broad SMARTS) is 1. The third kappa shape index (κ3) is 2.03. The average Bonchev–Trinajstić information content (AvgIpc) is 2.77. The topological polar surface area (TPSA) is 122 Å². The Morgan fingerprint density at radius 3 is 2.44 bits per heavy atom. The Morgan fingerprint density at radius 2 is 1.89 bits per heavy atom. The molecule has 0 aliphatic rings. The summed E-state index contributed by atoms with van der Waals surface area (Å²) in [5.74, 6) is -1.48. The summed E-state index contributed by atoms with van der Waals surface area (Å²) in [6, 6.07) is 5.83. The first kappa shape index (κ1) is 11.7. The molecule has 6 heteroatoms. The molecule has 1 aromatic carbocycles. The molecule has 92 valence electrons. The second-order valence-corrected chi connectivity index (χ2v) is 3.78. The number of aromatic amines is 1. The van der Waals surface area contributed by atoms with Crippen LogP contribution in [0.25, 0.3) is 0 Å². The predicted octanol–water partition coefficient (Wildman–Crippen LogP) is 1.11. The molecule has 1 heterocycles. The number of H-pyrrole nitrogens is 1. The van der Waals surface area contributed by atoms with Gasteiger partial charge >= 0.3 is 5.97 Å². The molecule has 0 unspecified atom stereocenters. The summed E-state index contributed by atoms with van der Waals surface area (Å²) in [5.41, 5.74) is 12.4. The summed E-state index contributed by atoms with van der Waals surface area (Å²) in [4.78, 5) is 25.3. The molecule has 0 saturated heterocycles. The average molecular weight is 245 g/mol. The van der Waals surface area contributed by atoms with Gasteiger partial charge in [-0.3, -0.25) is 4.79 Å². The van der Waals surface area contributed by atoms with E-state index in [4.69, 9.17) is 16.6 Å². The summed E-state index contributed by atoms with van der Waals surface area (Å²) >= 11 is 0. The van der Waals surface area contributed by atoms with Gasteiger partial charge in [0.1, 0.15) is 5.69 Å². The van der Waals surface area contributed by atoms with E-state index in [1.54, 1.807) is 6.07 Å². The van der Waals surface area contributed by atoms with Crippen molar-refractivity contribution in [2.24, 2.45) is 0 Å². The van der Waals surface area contributed by atoms with Crippen LogP contribution in [0.4, 0.5) is 11.4 Å². The van der Waals surface area contributed by atoms with Gasteiger partial charge in [-0.15, -0.1) is 0 Å². The predicted molar refractivity (Wildman–Crippen MR) is 66.5 cm³/mol. The van der Waals surface area contributed by atoms with Gasteiger partial charge in [-0.1, -0.05) is 0 Å². The molecule has 2 aromatic rings. The van der Waals surface area contributed by atoms with E-state index >= 15 is 0 Å². The highest BCUT2D eigenvalue weighted by atomic mass is 16.4. The number of aromatic carboxylic acids is 1. The monoisotopic (exact) mass is 245 g/mol. The van der Waals surface area contributed by atoms with Gasteiger partial charge in [-0.2, -0.15) is 0 Å². The van der Waals surface area contributed by atoms with Crippen molar-refractivity contribution in [2.45, 2.75) is 0 Å². The van der Waals surface area contributed by atoms with Crippen molar-refractivity contribution in [3.05, 3.63) is 47.3 Å². The first-order chi connectivity index (χ1) is 8.49. The van der Waals surface area contributed by atoms with Crippen molar-refractivity contribution < 1.29 is 14.7 Å². The zero-order chi connectivity index (χ0) is 13.3. The van der Waals surface area contributed by atoms with E-state index in [2.05, 4.69) is 4.98 Å². The van der Waals surface area contributed by atoms with E-state index in [-0.39, 0.29) is 22.7 Å². The minimum Gasteiger partial charge on any atom is -0.477 e. The van der Waals surface area contributed by atoms with Gasteiger partial charge in [0.05, 0.1) is 0 Å². The number of nitrogens with one attached hydrogen (secondary N) is 1. The van der Waals surface area contributed by atoms with Gasteiger partial charge < -0.3 is 21.6 Å². The largest absolute Gasteiger partial charge is 0.477 e. The number of carbonyl (C=O) groups excluding carboxylic acids is 1. The normalized spacial score (nSPS) is 10.2. The Bertz CT molecular complexity index is 631. The quantitative estimate of drug-likeness (QED) is 0.476. The fourth-order valence-corrected chi connectivity index (χ4v) is 1.59. The molecule has 2 rings (SSSR count). The second-order valence-electron chi connectivity index (χ2n) is 3.78. The van der Waals surface area contributed by atoms with Crippen molar-refractivity contribution in [2.75, 3.05) is 11.5 Å². The number of anilines is 2. The summed E-state index contributed by atoms with van der Waals surface area (Å²) < 4.78 is 0. The third-order valence-corrected chi connectivity index (χ3v) is 2.50. The number of benzene rings is 1. The van der Waals surface area contributed by atoms with Gasteiger partial charge in [0, 0.05) is 28.7 Å². The zero-order valence-corrected chi connectivity index (χ0v) is 9.31. The minimum absolute atomic E-state index is 0.0487. The second kappa shape index (κ2) is 4.25. The summed E-state index contributed by atoms with van der Waals surface area (Å²) in [7, 11) is 0. The highest BCUT2D eigenvalue weighted by Gasteiger charge is 2.16. The Kier molecular flexibility index (Phi) is 2.77. The van der Waals surface area contributed by atoms with Crippen molar-refractivity contribution in [3.63, 3.8) is 0 Å². The SMILES string of the molecule is Nc1ccc(C(=O)c2c[nH]c(C(=O)O)c2)c(N)c1. The van der Waals surface area contributed by atoms with Gasteiger partial charge in [0.2, 0.25) is 0 Å². The van der Waals surface area contributed by atoms with Crippen LogP contribution in [-0.4, -0.2) is 21.8 Å². The number of hydrogen-bond acceptors (Lipinski definition) is 4. The molecule has 6 N–H and O–H groups in total. The summed E-state index contributed by atoms with van der Waals surface area (Å²) in [5, 5.41) is 8.76. The fourth-order valence-electron chi connectivity index (χ4n) is 1.59. The number of ketones is 1. The maximum absolute atomic E-state index is 12.1. The van der Waals surface area contributed by atoms with Gasteiger partial charge in [0.15, 0.2) is 5.78 Å². The van der Waals surface area contributed by atoms with Gasteiger partial charge in [0.25, 0.3) is 0 Å². The standard InChI is InChI=1S/C12H11N3O3/c13-7-1-2-8(9(14)4-7)11(16)6-3-10(12(17)18)15-5-6/h1-5,15H,13-14H2,(H,17,18). The number of nitrogen functional groups attached to an aromatic ring is 2. The third-order valence-electron chi connectivity index (χ3n) is 2.50. The molecule has 0 atom stereocenters. The maximum atomic E-state index is 12.1. The number of carboxylic acids is 1. The van der Waals surface area contributed by atoms with E-state index < -0.39 is 5.97 Å². The van der Waals surface area contributed by atoms with Crippen molar-refractivity contribution >= 4 is 23.1 Å². The lowest BCUT2D eigenvalue weighted by Crippen LogP contribution is -2.05. The summed E-state index contributed by atoms with van der Waals surface area (Å²) in [6.07, 6.45) is 1.33. The molecule has 0 radical (unpaired) electrons. The van der Waals surface area contributed by atoms with Gasteiger partial charge in [-0.25, -0.2) is 4.79 Å². The molecule has 6 nitrogen and oxygen atoms in total. The number of hydrogen-bond donors (Lipinski definition) is 4. The van der Waals surface area contributed by atoms with Crippen LogP contribution < -0.4 is 11.5 Å². The van der Waals surface area contributed by atoms with Gasteiger partial charge in [-0.05, 0) is 24.3 Å². The van der Waals surface area contributed by atoms with Crippen molar-refractivity contribution in [1.82, 2.24) is 4.98 Å². The Balaban J connectivity index is 2.38. The van der Waals surface area contributed by atoms with Crippen LogP contribution in [0.15, 0.2) is 30.5 Å². The van der Waals surface area contributed by atoms with Crippen LogP contribution in [0.1, 0.15) is 26.4 Å². The smallest absolute Gasteiger partial charge is 0.352 e. The highest BCUT2D eigenvalue weighted by Crippen LogP contribution is 2.19. The first-order valence-electron chi connectivity index (χ1n) is 5.10. The summed E-state index contributed by atoms with van der Waals surface area (Å²) in [6.45, 7) is 0. The van der Waals surface area contributed by atoms with Crippen LogP contribution in [-0.2, 0) is 0 Å². The van der Waals surface area contributed by atoms with Crippen LogP contribution in [0, 0.1) is 0 Å². The van der Waals surface area contributed by atoms with Crippen LogP contribution in [0.3, 0.4) is 0 Å². The molecule has 0 aliphatic carbocycles. The molecule has 0 spiro atoms. The number of nitrogens with two attached hydrogens (primary N) is 2. The molecule has 0 fully saturated rings. The zero-order valence-electron chi connectivity index (χ0n) is 9.31. The van der Waals surface area contributed by atoms with Crippen molar-refractivity contribution in [3.8, 4) is 0 Å². The molecular formula is C12H11N3O3. The van der Waals surface area contributed by atoms with Crippen LogP contribution >= 0.6 is 0 Å². The van der Waals surface area contributed by atoms with Crippen LogP contribution in [0.5, 0.6) is 0 Å². The van der Waals surface area contributed by atoms with Crippen molar-refractivity contribution in [1.29, 1.82) is 0 Å². The Hall–Kier alpha value is -2.76. The highest BCUT2D eigenvalue weighted by molar-refractivity contribution is 6.13. The molecule has 0 amide bonds. The Labute approximate surface area is 102 Å². The van der Waals surface area contributed by atoms with E-state index in [9.17, 15) is 9.59 Å². The van der Waals surface area contributed by atoms with E-state index in [0.29, 0.717) is 11.3 Å².